The van der Waals surface area contributed by atoms with E-state index in [1.807, 2.05) is 12.1 Å². The van der Waals surface area contributed by atoms with Crippen LogP contribution in [0.25, 0.3) is 0 Å². The molecule has 1 aromatic rings. The Morgan fingerprint density at radius 3 is 1.72 bits per heavy atom. The predicted molar refractivity (Wildman–Crippen MR) is 72.5 cm³/mol. The molecule has 0 unspecified atom stereocenters. The van der Waals surface area contributed by atoms with E-state index in [1.54, 1.807) is 7.11 Å². The third kappa shape index (κ3) is 2.84. The van der Waals surface area contributed by atoms with Gasteiger partial charge in [-0.3, -0.25) is 0 Å². The summed E-state index contributed by atoms with van der Waals surface area (Å²) in [6.07, 6.45) is 0. The summed E-state index contributed by atoms with van der Waals surface area (Å²) in [5, 5.41) is 0. The van der Waals surface area contributed by atoms with Gasteiger partial charge in [-0.25, -0.2) is 4.79 Å². The number of benzene rings is 1. The summed E-state index contributed by atoms with van der Waals surface area (Å²) in [5.41, 5.74) is 2.68. The van der Waals surface area contributed by atoms with Crippen molar-refractivity contribution in [1.29, 1.82) is 0 Å². The highest BCUT2D eigenvalue weighted by molar-refractivity contribution is 5.90. The minimum Gasteiger partial charge on any atom is -0.496 e. The van der Waals surface area contributed by atoms with Crippen LogP contribution in [0.1, 0.15) is 61.0 Å². The van der Waals surface area contributed by atoms with Crippen LogP contribution in [-0.2, 0) is 4.74 Å². The van der Waals surface area contributed by atoms with Gasteiger partial charge >= 0.3 is 5.97 Å². The molecule has 3 nitrogen and oxygen atoms in total. The summed E-state index contributed by atoms with van der Waals surface area (Å²) >= 11 is 0. The third-order valence-corrected chi connectivity index (χ3v) is 3.02. The average Bonchev–Trinajstić information content (AvgIpc) is 2.35. The van der Waals surface area contributed by atoms with Crippen molar-refractivity contribution in [3.8, 4) is 5.75 Å². The molecule has 100 valence electrons. The largest absolute Gasteiger partial charge is 0.496 e. The number of carbonyl (C=O) groups is 1. The zero-order valence-electron chi connectivity index (χ0n) is 12.0. The molecule has 1 aromatic carbocycles. The lowest BCUT2D eigenvalue weighted by Gasteiger charge is -2.19. The Morgan fingerprint density at radius 2 is 1.44 bits per heavy atom. The second-order valence-electron chi connectivity index (χ2n) is 4.99. The van der Waals surface area contributed by atoms with E-state index in [4.69, 9.17) is 9.47 Å². The molecule has 3 heteroatoms. The van der Waals surface area contributed by atoms with Crippen LogP contribution in [0.15, 0.2) is 12.1 Å². The van der Waals surface area contributed by atoms with Crippen molar-refractivity contribution in [3.05, 3.63) is 28.8 Å². The molecule has 0 bridgehead atoms. The van der Waals surface area contributed by atoms with Crippen molar-refractivity contribution < 1.29 is 14.3 Å². The maximum absolute atomic E-state index is 11.7. The summed E-state index contributed by atoms with van der Waals surface area (Å²) in [4.78, 5) is 11.7. The third-order valence-electron chi connectivity index (χ3n) is 3.02. The van der Waals surface area contributed by atoms with Crippen LogP contribution in [0.4, 0.5) is 0 Å². The van der Waals surface area contributed by atoms with Gasteiger partial charge in [0.2, 0.25) is 0 Å². The predicted octanol–water partition coefficient (Wildman–Crippen LogP) is 3.73. The Bertz CT molecular complexity index is 404. The van der Waals surface area contributed by atoms with Crippen LogP contribution in [0.5, 0.6) is 5.75 Å². The lowest BCUT2D eigenvalue weighted by atomic mass is 9.91. The van der Waals surface area contributed by atoms with Crippen molar-refractivity contribution in [2.24, 2.45) is 0 Å². The average molecular weight is 250 g/mol. The topological polar surface area (TPSA) is 35.5 Å². The Morgan fingerprint density at radius 1 is 1.00 bits per heavy atom. The molecular weight excluding hydrogens is 228 g/mol. The highest BCUT2D eigenvalue weighted by atomic mass is 16.5. The molecule has 0 N–H and O–H groups in total. The zero-order chi connectivity index (χ0) is 13.9. The van der Waals surface area contributed by atoms with Gasteiger partial charge in [0.15, 0.2) is 0 Å². The Labute approximate surface area is 109 Å². The van der Waals surface area contributed by atoms with Gasteiger partial charge in [0.1, 0.15) is 5.75 Å². The number of rotatable bonds is 4. The van der Waals surface area contributed by atoms with Crippen LogP contribution < -0.4 is 4.74 Å². The molecule has 0 aliphatic rings. The van der Waals surface area contributed by atoms with Crippen LogP contribution in [0.2, 0.25) is 0 Å². The SMILES string of the molecule is COC(=O)c1cc(C(C)C)c(OC)c(C(C)C)c1. The molecule has 0 aliphatic carbocycles. The van der Waals surface area contributed by atoms with Crippen molar-refractivity contribution in [2.75, 3.05) is 14.2 Å². The molecule has 0 fully saturated rings. The first kappa shape index (κ1) is 14.6. The molecule has 0 radical (unpaired) electrons. The molecule has 0 atom stereocenters. The number of methoxy groups -OCH3 is 2. The maximum atomic E-state index is 11.7. The zero-order valence-corrected chi connectivity index (χ0v) is 12.0. The Balaban J connectivity index is 3.48. The van der Waals surface area contributed by atoms with E-state index < -0.39 is 0 Å². The highest BCUT2D eigenvalue weighted by Crippen LogP contribution is 2.35. The minimum absolute atomic E-state index is 0.294. The second-order valence-corrected chi connectivity index (χ2v) is 4.99. The molecule has 0 spiro atoms. The number of ether oxygens (including phenoxy) is 2. The van der Waals surface area contributed by atoms with Gasteiger partial charge in [-0.2, -0.15) is 0 Å². The molecule has 0 saturated carbocycles. The molecule has 0 heterocycles. The number of esters is 1. The van der Waals surface area contributed by atoms with Gasteiger partial charge < -0.3 is 9.47 Å². The normalized spacial score (nSPS) is 10.9. The Hall–Kier alpha value is -1.51. The van der Waals surface area contributed by atoms with E-state index in [9.17, 15) is 4.79 Å². The molecule has 0 aromatic heterocycles. The summed E-state index contributed by atoms with van der Waals surface area (Å²) < 4.78 is 10.3. The van der Waals surface area contributed by atoms with Crippen molar-refractivity contribution in [3.63, 3.8) is 0 Å². The van der Waals surface area contributed by atoms with Gasteiger partial charge in [0, 0.05) is 0 Å². The monoisotopic (exact) mass is 250 g/mol. The van der Waals surface area contributed by atoms with E-state index in [2.05, 4.69) is 27.7 Å². The van der Waals surface area contributed by atoms with Crippen molar-refractivity contribution >= 4 is 5.97 Å². The first-order valence-corrected chi connectivity index (χ1v) is 6.22. The van der Waals surface area contributed by atoms with Crippen molar-refractivity contribution in [2.45, 2.75) is 39.5 Å². The first-order valence-electron chi connectivity index (χ1n) is 6.22. The Kier molecular flexibility index (Phi) is 4.76. The van der Waals surface area contributed by atoms with Gasteiger partial charge in [-0.15, -0.1) is 0 Å². The lowest BCUT2D eigenvalue weighted by molar-refractivity contribution is 0.0600. The maximum Gasteiger partial charge on any atom is 0.337 e. The number of carbonyl (C=O) groups excluding carboxylic acids is 1. The quantitative estimate of drug-likeness (QED) is 0.764. The van der Waals surface area contributed by atoms with E-state index >= 15 is 0 Å². The van der Waals surface area contributed by atoms with Crippen LogP contribution in [-0.4, -0.2) is 20.2 Å². The molecule has 18 heavy (non-hydrogen) atoms. The van der Waals surface area contributed by atoms with Crippen LogP contribution >= 0.6 is 0 Å². The van der Waals surface area contributed by atoms with E-state index in [-0.39, 0.29) is 5.97 Å². The number of hydrogen-bond donors (Lipinski definition) is 0. The summed E-state index contributed by atoms with van der Waals surface area (Å²) in [6.45, 7) is 8.35. The number of hydrogen-bond acceptors (Lipinski definition) is 3. The van der Waals surface area contributed by atoms with Crippen LogP contribution in [0, 0.1) is 0 Å². The smallest absolute Gasteiger partial charge is 0.337 e. The summed E-state index contributed by atoms with van der Waals surface area (Å²) in [6, 6.07) is 3.72. The minimum atomic E-state index is -0.304. The lowest BCUT2D eigenvalue weighted by Crippen LogP contribution is -2.07. The van der Waals surface area contributed by atoms with Gasteiger partial charge in [-0.1, -0.05) is 27.7 Å². The fraction of sp³-hybridized carbons (Fsp3) is 0.533. The van der Waals surface area contributed by atoms with E-state index in [0.717, 1.165) is 16.9 Å². The van der Waals surface area contributed by atoms with Crippen molar-refractivity contribution in [1.82, 2.24) is 0 Å². The molecule has 0 saturated heterocycles. The standard InChI is InChI=1S/C15H22O3/c1-9(2)12-7-11(15(16)18-6)8-13(10(3)4)14(12)17-5/h7-10H,1-6H3. The van der Waals surface area contributed by atoms with E-state index in [0.29, 0.717) is 17.4 Å². The molecular formula is C15H22O3. The fourth-order valence-corrected chi connectivity index (χ4v) is 2.00. The van der Waals surface area contributed by atoms with Crippen LogP contribution in [0.3, 0.4) is 0 Å². The fourth-order valence-electron chi connectivity index (χ4n) is 2.00. The second kappa shape index (κ2) is 5.89. The summed E-state index contributed by atoms with van der Waals surface area (Å²) in [7, 11) is 3.07. The van der Waals surface area contributed by atoms with E-state index in [1.165, 1.54) is 7.11 Å². The van der Waals surface area contributed by atoms with Gasteiger partial charge in [-0.05, 0) is 35.1 Å². The summed E-state index contributed by atoms with van der Waals surface area (Å²) in [5.74, 6) is 1.17. The van der Waals surface area contributed by atoms with Gasteiger partial charge in [0.05, 0.1) is 19.8 Å². The molecule has 0 amide bonds. The molecule has 0 aliphatic heterocycles. The van der Waals surface area contributed by atoms with Gasteiger partial charge in [0.25, 0.3) is 0 Å². The molecule has 1 rings (SSSR count). The highest BCUT2D eigenvalue weighted by Gasteiger charge is 2.19. The first-order chi connectivity index (χ1) is 8.42.